The molecule has 0 amide bonds. The van der Waals surface area contributed by atoms with E-state index in [-0.39, 0.29) is 0 Å². The Morgan fingerprint density at radius 1 is 0.700 bits per heavy atom. The summed E-state index contributed by atoms with van der Waals surface area (Å²) in [5.41, 5.74) is 2.22. The third kappa shape index (κ3) is 5.56. The monoisotopic (exact) mass is 413 g/mol. The largest absolute Gasteiger partial charge is 0.378 e. The quantitative estimate of drug-likeness (QED) is 0.715. The van der Waals surface area contributed by atoms with Gasteiger partial charge < -0.3 is 29.2 Å². The Bertz CT molecular complexity index is 819. The minimum atomic E-state index is 0.593. The molecule has 7 heteroatoms. The molecule has 162 valence electrons. The second-order valence-corrected chi connectivity index (χ2v) is 7.30. The number of benzene rings is 2. The summed E-state index contributed by atoms with van der Waals surface area (Å²) >= 11 is 0. The molecule has 0 bridgehead atoms. The minimum absolute atomic E-state index is 0.593. The van der Waals surface area contributed by atoms with Crippen molar-refractivity contribution in [2.75, 3.05) is 79.0 Å². The Morgan fingerprint density at radius 2 is 1.30 bits per heavy atom. The fourth-order valence-electron chi connectivity index (χ4n) is 3.75. The van der Waals surface area contributed by atoms with Crippen LogP contribution >= 0.6 is 0 Å². The first-order valence-electron chi connectivity index (χ1n) is 10.8. The van der Waals surface area contributed by atoms with Crippen molar-refractivity contribution in [3.05, 3.63) is 42.0 Å². The smallest absolute Gasteiger partial charge is 0.137 e. The van der Waals surface area contributed by atoms with E-state index in [0.29, 0.717) is 52.9 Å². The molecule has 2 aromatic rings. The molecule has 2 aromatic carbocycles. The first-order chi connectivity index (χ1) is 14.9. The van der Waals surface area contributed by atoms with Crippen LogP contribution in [0.5, 0.6) is 0 Å². The summed E-state index contributed by atoms with van der Waals surface area (Å²) in [5.74, 6) is 1.00. The molecule has 0 atom stereocenters. The van der Waals surface area contributed by atoms with Gasteiger partial charge in [-0.2, -0.15) is 0 Å². The lowest BCUT2D eigenvalue weighted by molar-refractivity contribution is 0.0293. The van der Waals surface area contributed by atoms with Crippen LogP contribution < -0.4 is 5.32 Å². The number of hydrogen-bond acceptors (Lipinski definition) is 7. The highest BCUT2D eigenvalue weighted by molar-refractivity contribution is 6.18. The van der Waals surface area contributed by atoms with Crippen LogP contribution in [0.4, 0.5) is 5.69 Å². The molecule has 0 radical (unpaired) electrons. The molecule has 2 heterocycles. The standard InChI is InChI=1S/C23H31N3O4/c1-3-19-4-2-6-21-22(19)20(5-1)23(25-21)26-9-13-29-17-15-27-11-7-24-8-12-28-16-18-30-14-10-26/h1-6,24H,7-18H2. The maximum atomic E-state index is 5.82. The van der Waals surface area contributed by atoms with E-state index in [1.807, 2.05) is 0 Å². The predicted octanol–water partition coefficient (Wildman–Crippen LogP) is 2.20. The number of aliphatic imine (C=N–C) groups is 1. The van der Waals surface area contributed by atoms with E-state index in [2.05, 4.69) is 46.6 Å². The van der Waals surface area contributed by atoms with Gasteiger partial charge in [-0.05, 0) is 11.5 Å². The maximum Gasteiger partial charge on any atom is 0.137 e. The fourth-order valence-corrected chi connectivity index (χ4v) is 3.75. The molecule has 1 fully saturated rings. The van der Waals surface area contributed by atoms with Gasteiger partial charge in [0.15, 0.2) is 0 Å². The molecule has 1 N–H and O–H groups in total. The van der Waals surface area contributed by atoms with Crippen molar-refractivity contribution in [1.82, 2.24) is 10.2 Å². The zero-order valence-corrected chi connectivity index (χ0v) is 17.5. The molecule has 0 aliphatic carbocycles. The number of ether oxygens (including phenoxy) is 4. The minimum Gasteiger partial charge on any atom is -0.378 e. The van der Waals surface area contributed by atoms with Crippen LogP contribution in [0.2, 0.25) is 0 Å². The molecular formula is C23H31N3O4. The normalized spacial score (nSPS) is 20.5. The highest BCUT2D eigenvalue weighted by Crippen LogP contribution is 2.36. The lowest BCUT2D eigenvalue weighted by atomic mass is 10.0. The Balaban J connectivity index is 1.41. The van der Waals surface area contributed by atoms with Crippen LogP contribution in [-0.2, 0) is 18.9 Å². The zero-order valence-electron chi connectivity index (χ0n) is 17.5. The summed E-state index contributed by atoms with van der Waals surface area (Å²) in [6, 6.07) is 12.7. The van der Waals surface area contributed by atoms with Gasteiger partial charge in [0.2, 0.25) is 0 Å². The lowest BCUT2D eigenvalue weighted by Crippen LogP contribution is -2.37. The average Bonchev–Trinajstić information content (AvgIpc) is 3.14. The van der Waals surface area contributed by atoms with Gasteiger partial charge in [0.1, 0.15) is 5.84 Å². The van der Waals surface area contributed by atoms with E-state index in [0.717, 1.165) is 37.7 Å². The third-order valence-electron chi connectivity index (χ3n) is 5.25. The molecule has 1 saturated heterocycles. The molecule has 30 heavy (non-hydrogen) atoms. The van der Waals surface area contributed by atoms with Crippen molar-refractivity contribution in [2.45, 2.75) is 0 Å². The van der Waals surface area contributed by atoms with Crippen molar-refractivity contribution >= 4 is 22.3 Å². The van der Waals surface area contributed by atoms with Gasteiger partial charge in [-0.1, -0.05) is 30.3 Å². The lowest BCUT2D eigenvalue weighted by Gasteiger charge is -2.25. The Kier molecular flexibility index (Phi) is 8.05. The Morgan fingerprint density at radius 3 is 1.97 bits per heavy atom. The summed E-state index contributed by atoms with van der Waals surface area (Å²) < 4.78 is 22.8. The molecule has 0 unspecified atom stereocenters. The van der Waals surface area contributed by atoms with Gasteiger partial charge in [-0.25, -0.2) is 4.99 Å². The zero-order chi connectivity index (χ0) is 20.4. The van der Waals surface area contributed by atoms with E-state index in [1.54, 1.807) is 0 Å². The average molecular weight is 414 g/mol. The summed E-state index contributed by atoms with van der Waals surface area (Å²) in [4.78, 5) is 7.21. The molecule has 2 aliphatic heterocycles. The molecule has 2 aliphatic rings. The molecule has 0 spiro atoms. The molecular weight excluding hydrogens is 382 g/mol. The first kappa shape index (κ1) is 21.2. The van der Waals surface area contributed by atoms with Gasteiger partial charge in [0.05, 0.1) is 58.5 Å². The molecule has 7 nitrogen and oxygen atoms in total. The van der Waals surface area contributed by atoms with Crippen molar-refractivity contribution in [3.63, 3.8) is 0 Å². The number of nitrogens with zero attached hydrogens (tertiary/aromatic N) is 2. The predicted molar refractivity (Wildman–Crippen MR) is 118 cm³/mol. The van der Waals surface area contributed by atoms with Crippen LogP contribution in [0.25, 0.3) is 10.8 Å². The van der Waals surface area contributed by atoms with Crippen LogP contribution in [-0.4, -0.2) is 89.8 Å². The second kappa shape index (κ2) is 11.4. The number of amidine groups is 1. The third-order valence-corrected chi connectivity index (χ3v) is 5.25. The Hall–Kier alpha value is -2.03. The van der Waals surface area contributed by atoms with E-state index in [9.17, 15) is 0 Å². The SMILES string of the molecule is c1cc2c3c(cccc3c1)C(N1CCOCCOCCNCCOCCOCC1)=N2. The van der Waals surface area contributed by atoms with Crippen molar-refractivity contribution in [3.8, 4) is 0 Å². The van der Waals surface area contributed by atoms with E-state index >= 15 is 0 Å². The summed E-state index contributed by atoms with van der Waals surface area (Å²) in [7, 11) is 0. The maximum absolute atomic E-state index is 5.82. The van der Waals surface area contributed by atoms with Gasteiger partial charge in [0, 0.05) is 37.1 Å². The van der Waals surface area contributed by atoms with E-state index in [4.69, 9.17) is 23.9 Å². The fraction of sp³-hybridized carbons (Fsp3) is 0.522. The molecule has 4 rings (SSSR count). The van der Waals surface area contributed by atoms with Crippen LogP contribution in [0, 0.1) is 0 Å². The van der Waals surface area contributed by atoms with Gasteiger partial charge in [-0.15, -0.1) is 0 Å². The first-order valence-corrected chi connectivity index (χ1v) is 10.8. The van der Waals surface area contributed by atoms with Gasteiger partial charge >= 0.3 is 0 Å². The number of rotatable bonds is 0. The van der Waals surface area contributed by atoms with Gasteiger partial charge in [-0.3, -0.25) is 0 Å². The number of hydrogen-bond donors (Lipinski definition) is 1. The van der Waals surface area contributed by atoms with Crippen molar-refractivity contribution in [1.29, 1.82) is 0 Å². The summed E-state index contributed by atoms with van der Waals surface area (Å²) in [6.07, 6.45) is 0. The second-order valence-electron chi connectivity index (χ2n) is 7.30. The summed E-state index contributed by atoms with van der Waals surface area (Å²) in [6.45, 7) is 8.14. The molecule has 0 aromatic heterocycles. The highest BCUT2D eigenvalue weighted by Gasteiger charge is 2.22. The Labute approximate surface area is 178 Å². The number of nitrogens with one attached hydrogen (secondary N) is 1. The van der Waals surface area contributed by atoms with E-state index in [1.165, 1.54) is 16.3 Å². The highest BCUT2D eigenvalue weighted by atomic mass is 16.5. The van der Waals surface area contributed by atoms with Crippen molar-refractivity contribution < 1.29 is 18.9 Å². The topological polar surface area (TPSA) is 64.6 Å². The molecule has 0 saturated carbocycles. The van der Waals surface area contributed by atoms with Crippen LogP contribution in [0.3, 0.4) is 0 Å². The van der Waals surface area contributed by atoms with Crippen molar-refractivity contribution in [2.24, 2.45) is 4.99 Å². The van der Waals surface area contributed by atoms with Crippen LogP contribution in [0.15, 0.2) is 41.4 Å². The van der Waals surface area contributed by atoms with Gasteiger partial charge in [0.25, 0.3) is 0 Å². The van der Waals surface area contributed by atoms with E-state index < -0.39 is 0 Å². The summed E-state index contributed by atoms with van der Waals surface area (Å²) in [5, 5.41) is 5.74. The van der Waals surface area contributed by atoms with Crippen LogP contribution in [0.1, 0.15) is 5.56 Å².